The highest BCUT2D eigenvalue weighted by Gasteiger charge is 2.05. The van der Waals surface area contributed by atoms with Crippen LogP contribution in [0.2, 0.25) is 0 Å². The molecular formula is C16H18N4. The summed E-state index contributed by atoms with van der Waals surface area (Å²) in [5, 5.41) is 12.1. The number of benzene rings is 1. The second-order valence-electron chi connectivity index (χ2n) is 4.73. The van der Waals surface area contributed by atoms with Gasteiger partial charge in [-0.3, -0.25) is 0 Å². The summed E-state index contributed by atoms with van der Waals surface area (Å²) in [5.74, 6) is 0.724. The Morgan fingerprint density at radius 1 is 1.30 bits per heavy atom. The van der Waals surface area contributed by atoms with Gasteiger partial charge in [-0.25, -0.2) is 4.98 Å². The van der Waals surface area contributed by atoms with Gasteiger partial charge in [0.15, 0.2) is 0 Å². The van der Waals surface area contributed by atoms with Gasteiger partial charge in [0.1, 0.15) is 5.82 Å². The van der Waals surface area contributed by atoms with E-state index in [4.69, 9.17) is 11.0 Å². The largest absolute Gasteiger partial charge is 0.370 e. The zero-order valence-electron chi connectivity index (χ0n) is 11.5. The Balaban J connectivity index is 1.90. The van der Waals surface area contributed by atoms with E-state index in [1.54, 1.807) is 12.1 Å². The molecule has 0 spiro atoms. The number of nitrogens with zero attached hydrogens (tertiary/aromatic N) is 2. The van der Waals surface area contributed by atoms with Crippen LogP contribution >= 0.6 is 0 Å². The van der Waals surface area contributed by atoms with E-state index in [-0.39, 0.29) is 6.04 Å². The molecule has 0 saturated heterocycles. The molecule has 102 valence electrons. The average molecular weight is 266 g/mol. The number of rotatable bonds is 5. The van der Waals surface area contributed by atoms with Gasteiger partial charge in [0.05, 0.1) is 11.6 Å². The summed E-state index contributed by atoms with van der Waals surface area (Å²) in [5.41, 5.74) is 8.71. The first-order chi connectivity index (χ1) is 9.69. The number of anilines is 1. The van der Waals surface area contributed by atoms with E-state index in [0.717, 1.165) is 30.0 Å². The fraction of sp³-hybridized carbons (Fsp3) is 0.250. The van der Waals surface area contributed by atoms with Gasteiger partial charge < -0.3 is 11.1 Å². The van der Waals surface area contributed by atoms with E-state index in [0.29, 0.717) is 5.56 Å². The predicted octanol–water partition coefficient (Wildman–Crippen LogP) is 2.76. The lowest BCUT2D eigenvalue weighted by Crippen LogP contribution is -2.15. The molecule has 2 rings (SSSR count). The summed E-state index contributed by atoms with van der Waals surface area (Å²) in [7, 11) is 0. The van der Waals surface area contributed by atoms with Crippen LogP contribution in [-0.2, 0) is 0 Å². The Labute approximate surface area is 119 Å². The van der Waals surface area contributed by atoms with Crippen molar-refractivity contribution < 1.29 is 0 Å². The Hall–Kier alpha value is -2.38. The molecular weight excluding hydrogens is 248 g/mol. The molecule has 0 saturated carbocycles. The lowest BCUT2D eigenvalue weighted by Gasteiger charge is -2.13. The number of hydrogen-bond acceptors (Lipinski definition) is 4. The maximum absolute atomic E-state index is 8.92. The van der Waals surface area contributed by atoms with Gasteiger partial charge in [0, 0.05) is 18.3 Å². The lowest BCUT2D eigenvalue weighted by molar-refractivity contribution is 0.674. The standard InChI is InChI=1S/C16H18N4/c1-12-9-13(11-17)10-16(20-12)19-8-7-15(18)14-5-3-2-4-6-14/h2-6,9-10,15H,7-8,18H2,1H3,(H,19,20). The van der Waals surface area contributed by atoms with Crippen LogP contribution in [0.3, 0.4) is 0 Å². The molecule has 4 nitrogen and oxygen atoms in total. The number of aryl methyl sites for hydroxylation is 1. The summed E-state index contributed by atoms with van der Waals surface area (Å²) in [4.78, 5) is 4.35. The minimum absolute atomic E-state index is 0.00365. The highest BCUT2D eigenvalue weighted by molar-refractivity contribution is 5.44. The van der Waals surface area contributed by atoms with Crippen molar-refractivity contribution in [3.8, 4) is 6.07 Å². The zero-order chi connectivity index (χ0) is 14.4. The van der Waals surface area contributed by atoms with Crippen molar-refractivity contribution in [2.24, 2.45) is 5.73 Å². The van der Waals surface area contributed by atoms with Gasteiger partial charge in [0.25, 0.3) is 0 Å². The van der Waals surface area contributed by atoms with Crippen LogP contribution in [0.5, 0.6) is 0 Å². The first kappa shape index (κ1) is 14.0. The molecule has 0 fully saturated rings. The molecule has 1 aromatic carbocycles. The van der Waals surface area contributed by atoms with E-state index in [2.05, 4.69) is 16.4 Å². The first-order valence-electron chi connectivity index (χ1n) is 6.62. The van der Waals surface area contributed by atoms with Gasteiger partial charge >= 0.3 is 0 Å². The van der Waals surface area contributed by atoms with E-state index in [1.807, 2.05) is 37.3 Å². The van der Waals surface area contributed by atoms with Crippen LogP contribution < -0.4 is 11.1 Å². The van der Waals surface area contributed by atoms with Crippen LogP contribution in [0.1, 0.15) is 29.3 Å². The van der Waals surface area contributed by atoms with E-state index < -0.39 is 0 Å². The molecule has 4 heteroatoms. The van der Waals surface area contributed by atoms with E-state index >= 15 is 0 Å². The first-order valence-corrected chi connectivity index (χ1v) is 6.62. The van der Waals surface area contributed by atoms with Crippen molar-refractivity contribution in [3.63, 3.8) is 0 Å². The Morgan fingerprint density at radius 3 is 2.75 bits per heavy atom. The minimum atomic E-state index is 0.00365. The second-order valence-corrected chi connectivity index (χ2v) is 4.73. The number of pyridine rings is 1. The lowest BCUT2D eigenvalue weighted by atomic mass is 10.1. The Kier molecular flexibility index (Phi) is 4.70. The quantitative estimate of drug-likeness (QED) is 0.872. The SMILES string of the molecule is Cc1cc(C#N)cc(NCCC(N)c2ccccc2)n1. The summed E-state index contributed by atoms with van der Waals surface area (Å²) < 4.78 is 0. The number of nitriles is 1. The molecule has 1 atom stereocenters. The van der Waals surface area contributed by atoms with Crippen LogP contribution in [0.25, 0.3) is 0 Å². The molecule has 1 heterocycles. The normalized spacial score (nSPS) is 11.7. The molecule has 1 aromatic heterocycles. The Bertz CT molecular complexity index is 602. The predicted molar refractivity (Wildman–Crippen MR) is 80.2 cm³/mol. The van der Waals surface area contributed by atoms with Crippen molar-refractivity contribution in [1.29, 1.82) is 5.26 Å². The molecule has 20 heavy (non-hydrogen) atoms. The summed E-state index contributed by atoms with van der Waals surface area (Å²) in [6, 6.07) is 15.7. The number of nitrogens with one attached hydrogen (secondary N) is 1. The van der Waals surface area contributed by atoms with Crippen molar-refractivity contribution in [2.45, 2.75) is 19.4 Å². The van der Waals surface area contributed by atoms with Crippen molar-refractivity contribution >= 4 is 5.82 Å². The minimum Gasteiger partial charge on any atom is -0.370 e. The smallest absolute Gasteiger partial charge is 0.127 e. The van der Waals surface area contributed by atoms with Crippen LogP contribution in [0.4, 0.5) is 5.82 Å². The molecule has 0 aliphatic heterocycles. The Morgan fingerprint density at radius 2 is 2.05 bits per heavy atom. The fourth-order valence-corrected chi connectivity index (χ4v) is 2.05. The van der Waals surface area contributed by atoms with Gasteiger partial charge in [-0.05, 0) is 31.0 Å². The fourth-order valence-electron chi connectivity index (χ4n) is 2.05. The molecule has 2 aromatic rings. The topological polar surface area (TPSA) is 74.7 Å². The summed E-state index contributed by atoms with van der Waals surface area (Å²) in [6.45, 7) is 2.60. The maximum atomic E-state index is 8.92. The van der Waals surface area contributed by atoms with Crippen molar-refractivity contribution in [2.75, 3.05) is 11.9 Å². The number of hydrogen-bond donors (Lipinski definition) is 2. The number of nitrogens with two attached hydrogens (primary N) is 1. The van der Waals surface area contributed by atoms with Gasteiger partial charge in [-0.2, -0.15) is 5.26 Å². The average Bonchev–Trinajstić information content (AvgIpc) is 2.47. The molecule has 1 unspecified atom stereocenters. The van der Waals surface area contributed by atoms with Crippen molar-refractivity contribution in [1.82, 2.24) is 4.98 Å². The van der Waals surface area contributed by atoms with E-state index in [1.165, 1.54) is 0 Å². The molecule has 0 aliphatic carbocycles. The molecule has 0 radical (unpaired) electrons. The van der Waals surface area contributed by atoms with Gasteiger partial charge in [-0.1, -0.05) is 30.3 Å². The third-order valence-electron chi connectivity index (χ3n) is 3.07. The monoisotopic (exact) mass is 266 g/mol. The molecule has 0 amide bonds. The molecule has 0 aliphatic rings. The van der Waals surface area contributed by atoms with Crippen LogP contribution in [0, 0.1) is 18.3 Å². The van der Waals surface area contributed by atoms with Gasteiger partial charge in [-0.15, -0.1) is 0 Å². The van der Waals surface area contributed by atoms with Crippen molar-refractivity contribution in [3.05, 3.63) is 59.3 Å². The van der Waals surface area contributed by atoms with E-state index in [9.17, 15) is 0 Å². The van der Waals surface area contributed by atoms with Crippen LogP contribution in [-0.4, -0.2) is 11.5 Å². The molecule has 0 bridgehead atoms. The highest BCUT2D eigenvalue weighted by atomic mass is 15.0. The third kappa shape index (κ3) is 3.81. The summed E-state index contributed by atoms with van der Waals surface area (Å²) >= 11 is 0. The maximum Gasteiger partial charge on any atom is 0.127 e. The summed E-state index contributed by atoms with van der Waals surface area (Å²) in [6.07, 6.45) is 0.807. The highest BCUT2D eigenvalue weighted by Crippen LogP contribution is 2.14. The zero-order valence-corrected chi connectivity index (χ0v) is 11.5. The van der Waals surface area contributed by atoms with Gasteiger partial charge in [0.2, 0.25) is 0 Å². The third-order valence-corrected chi connectivity index (χ3v) is 3.07. The second kappa shape index (κ2) is 6.69. The number of aromatic nitrogens is 1. The van der Waals surface area contributed by atoms with Crippen LogP contribution in [0.15, 0.2) is 42.5 Å². The molecule has 3 N–H and O–H groups in total.